The molecule has 2 fully saturated rings. The van der Waals surface area contributed by atoms with Crippen LogP contribution in [0.25, 0.3) is 11.1 Å². The molecule has 4 heterocycles. The number of nitrogens with zero attached hydrogens (tertiary/aromatic N) is 4. The van der Waals surface area contributed by atoms with E-state index in [9.17, 15) is 9.59 Å². The first-order chi connectivity index (χ1) is 23.5. The van der Waals surface area contributed by atoms with Gasteiger partial charge in [0.05, 0.1) is 11.4 Å². The molecule has 2 saturated heterocycles. The van der Waals surface area contributed by atoms with E-state index in [1.807, 2.05) is 94.7 Å². The Bertz CT molecular complexity index is 1720. The summed E-state index contributed by atoms with van der Waals surface area (Å²) in [4.78, 5) is 42.5. The Morgan fingerprint density at radius 1 is 0.479 bits per heavy atom. The number of oxime groups is 2. The highest BCUT2D eigenvalue weighted by Gasteiger charge is 2.44. The lowest BCUT2D eigenvalue weighted by molar-refractivity contribution is -0.0572. The molecule has 242 valence electrons. The predicted octanol–water partition coefficient (Wildman–Crippen LogP) is 6.95. The van der Waals surface area contributed by atoms with E-state index >= 15 is 0 Å². The topological polar surface area (TPSA) is 83.8 Å². The van der Waals surface area contributed by atoms with Crippen LogP contribution in [0.4, 0.5) is 0 Å². The lowest BCUT2D eigenvalue weighted by atomic mass is 9.85. The minimum atomic E-state index is -0.318. The molecule has 4 aliphatic rings. The molecule has 0 aliphatic carbocycles. The van der Waals surface area contributed by atoms with E-state index in [-0.39, 0.29) is 23.0 Å². The summed E-state index contributed by atoms with van der Waals surface area (Å²) in [6.07, 6.45) is 4.60. The summed E-state index contributed by atoms with van der Waals surface area (Å²) >= 11 is 0. The van der Waals surface area contributed by atoms with Crippen molar-refractivity contribution in [1.82, 2.24) is 9.80 Å². The number of hydrogen-bond donors (Lipinski definition) is 0. The van der Waals surface area contributed by atoms with Gasteiger partial charge >= 0.3 is 0 Å². The van der Waals surface area contributed by atoms with Crippen LogP contribution in [0.2, 0.25) is 0 Å². The Morgan fingerprint density at radius 3 is 1.19 bits per heavy atom. The molecule has 2 amide bonds. The number of piperidine rings is 2. The molecule has 0 bridgehead atoms. The highest BCUT2D eigenvalue weighted by Crippen LogP contribution is 2.38. The fraction of sp³-hybridized carbons (Fsp3) is 0.300. The van der Waals surface area contributed by atoms with Gasteiger partial charge in [-0.1, -0.05) is 95.2 Å². The Balaban J connectivity index is 0.833. The molecule has 8 rings (SSSR count). The number of benzene rings is 4. The second kappa shape index (κ2) is 12.4. The molecule has 8 heteroatoms. The number of hydrogen-bond acceptors (Lipinski definition) is 6. The van der Waals surface area contributed by atoms with Crippen LogP contribution in [0.15, 0.2) is 120 Å². The SMILES string of the molecule is O=C(c1ccc(-c2ccc(C(=O)N3CCC4(CC3)CC(c3ccccc3)=NO4)cc2)cc1)N1CCC2(CC1)CC(c1ccccc1)=NO2. The van der Waals surface area contributed by atoms with Crippen LogP contribution in [0.3, 0.4) is 0 Å². The maximum Gasteiger partial charge on any atom is 0.253 e. The smallest absolute Gasteiger partial charge is 0.253 e. The van der Waals surface area contributed by atoms with Crippen molar-refractivity contribution in [2.24, 2.45) is 10.3 Å². The van der Waals surface area contributed by atoms with Crippen LogP contribution < -0.4 is 0 Å². The molecule has 0 aromatic heterocycles. The Kier molecular flexibility index (Phi) is 7.79. The van der Waals surface area contributed by atoms with E-state index in [2.05, 4.69) is 34.6 Å². The zero-order valence-corrected chi connectivity index (χ0v) is 26.9. The van der Waals surface area contributed by atoms with Gasteiger partial charge in [-0.05, 0) is 46.5 Å². The van der Waals surface area contributed by atoms with E-state index in [0.717, 1.165) is 72.2 Å². The van der Waals surface area contributed by atoms with Gasteiger partial charge in [0.2, 0.25) is 0 Å². The Morgan fingerprint density at radius 2 is 0.833 bits per heavy atom. The summed E-state index contributed by atoms with van der Waals surface area (Å²) in [6.45, 7) is 2.56. The molecule has 48 heavy (non-hydrogen) atoms. The first kappa shape index (κ1) is 30.1. The van der Waals surface area contributed by atoms with Gasteiger partial charge < -0.3 is 19.5 Å². The van der Waals surface area contributed by atoms with Crippen LogP contribution in [0.1, 0.15) is 70.4 Å². The third kappa shape index (κ3) is 5.87. The van der Waals surface area contributed by atoms with Gasteiger partial charge in [0.25, 0.3) is 11.8 Å². The van der Waals surface area contributed by atoms with Gasteiger partial charge in [-0.3, -0.25) is 9.59 Å². The maximum absolute atomic E-state index is 13.4. The highest BCUT2D eigenvalue weighted by molar-refractivity contribution is 6.02. The zero-order valence-electron chi connectivity index (χ0n) is 26.9. The summed E-state index contributed by atoms with van der Waals surface area (Å²) in [7, 11) is 0. The third-order valence-corrected chi connectivity index (χ3v) is 10.4. The molecular formula is C40H38N4O4. The van der Waals surface area contributed by atoms with Crippen molar-refractivity contribution in [2.45, 2.75) is 49.7 Å². The molecule has 4 aromatic rings. The number of amides is 2. The summed E-state index contributed by atoms with van der Waals surface area (Å²) in [6, 6.07) is 35.8. The van der Waals surface area contributed by atoms with Crippen LogP contribution in [-0.4, -0.2) is 70.4 Å². The largest absolute Gasteiger partial charge is 0.388 e. The molecule has 0 N–H and O–H groups in total. The standard InChI is InChI=1S/C40H38N4O4/c45-37(43-23-19-39(20-24-43)27-35(41-47-39)31-7-3-1-4-8-31)33-15-11-29(12-16-33)30-13-17-34(18-14-30)38(46)44-25-21-40(22-26-44)28-36(42-48-40)32-9-5-2-6-10-32/h1-18H,19-28H2. The minimum Gasteiger partial charge on any atom is -0.388 e. The van der Waals surface area contributed by atoms with Crippen LogP contribution in [0.5, 0.6) is 0 Å². The molecule has 0 atom stereocenters. The number of carbonyl (C=O) groups excluding carboxylic acids is 2. The van der Waals surface area contributed by atoms with Gasteiger partial charge in [-0.2, -0.15) is 0 Å². The van der Waals surface area contributed by atoms with Crippen LogP contribution >= 0.6 is 0 Å². The molecule has 4 aliphatic heterocycles. The quantitative estimate of drug-likeness (QED) is 0.237. The average Bonchev–Trinajstić information content (AvgIpc) is 3.77. The number of carbonyl (C=O) groups is 2. The Hall–Kier alpha value is -5.24. The summed E-state index contributed by atoms with van der Waals surface area (Å²) in [5.74, 6) is 0.0717. The fourth-order valence-corrected chi connectivity index (χ4v) is 7.36. The first-order valence-corrected chi connectivity index (χ1v) is 16.9. The van der Waals surface area contributed by atoms with Gasteiger partial charge in [-0.15, -0.1) is 0 Å². The van der Waals surface area contributed by atoms with Crippen molar-refractivity contribution in [3.63, 3.8) is 0 Å². The summed E-state index contributed by atoms with van der Waals surface area (Å²) < 4.78 is 0. The van der Waals surface area contributed by atoms with Crippen molar-refractivity contribution in [2.75, 3.05) is 26.2 Å². The monoisotopic (exact) mass is 638 g/mol. The van der Waals surface area contributed by atoms with E-state index in [0.29, 0.717) is 37.3 Å². The van der Waals surface area contributed by atoms with E-state index in [1.165, 1.54) is 0 Å². The van der Waals surface area contributed by atoms with Crippen molar-refractivity contribution < 1.29 is 19.3 Å². The highest BCUT2D eigenvalue weighted by atomic mass is 16.7. The van der Waals surface area contributed by atoms with Crippen LogP contribution in [-0.2, 0) is 9.68 Å². The van der Waals surface area contributed by atoms with E-state index < -0.39 is 0 Å². The molecule has 4 aromatic carbocycles. The second-order valence-corrected chi connectivity index (χ2v) is 13.4. The summed E-state index contributed by atoms with van der Waals surface area (Å²) in [5.41, 5.74) is 6.86. The van der Waals surface area contributed by atoms with Crippen molar-refractivity contribution in [3.05, 3.63) is 131 Å². The zero-order chi connectivity index (χ0) is 32.6. The van der Waals surface area contributed by atoms with Gasteiger partial charge in [-0.25, -0.2) is 0 Å². The van der Waals surface area contributed by atoms with Crippen molar-refractivity contribution >= 4 is 23.2 Å². The number of likely N-dealkylation sites (tertiary alicyclic amines) is 2. The normalized spacial score (nSPS) is 19.4. The number of rotatable bonds is 5. The van der Waals surface area contributed by atoms with Crippen molar-refractivity contribution in [1.29, 1.82) is 0 Å². The van der Waals surface area contributed by atoms with E-state index in [4.69, 9.17) is 9.68 Å². The molecule has 2 spiro atoms. The third-order valence-electron chi connectivity index (χ3n) is 10.4. The second-order valence-electron chi connectivity index (χ2n) is 13.4. The minimum absolute atomic E-state index is 0.0358. The average molecular weight is 639 g/mol. The van der Waals surface area contributed by atoms with Gasteiger partial charge in [0.15, 0.2) is 0 Å². The van der Waals surface area contributed by atoms with Gasteiger partial charge in [0, 0.05) is 75.8 Å². The Labute approximate surface area is 280 Å². The molecule has 0 unspecified atom stereocenters. The van der Waals surface area contributed by atoms with Gasteiger partial charge in [0.1, 0.15) is 11.2 Å². The molecule has 0 radical (unpaired) electrons. The molecule has 8 nitrogen and oxygen atoms in total. The molecular weight excluding hydrogens is 600 g/mol. The van der Waals surface area contributed by atoms with Crippen LogP contribution in [0, 0.1) is 0 Å². The fourth-order valence-electron chi connectivity index (χ4n) is 7.36. The summed E-state index contributed by atoms with van der Waals surface area (Å²) in [5, 5.41) is 8.79. The molecule has 0 saturated carbocycles. The van der Waals surface area contributed by atoms with E-state index in [1.54, 1.807) is 0 Å². The lowest BCUT2D eigenvalue weighted by Crippen LogP contribution is -2.46. The first-order valence-electron chi connectivity index (χ1n) is 16.9. The maximum atomic E-state index is 13.4. The van der Waals surface area contributed by atoms with Crippen molar-refractivity contribution in [3.8, 4) is 11.1 Å². The predicted molar refractivity (Wildman–Crippen MR) is 185 cm³/mol. The lowest BCUT2D eigenvalue weighted by Gasteiger charge is -2.37.